The molecule has 2 N–H and O–H groups in total. The predicted octanol–water partition coefficient (Wildman–Crippen LogP) is 2.41. The Kier molecular flexibility index (Phi) is 5.16. The van der Waals surface area contributed by atoms with E-state index in [0.717, 1.165) is 11.3 Å². The molecule has 2 rings (SSSR count). The molecule has 0 fully saturated rings. The van der Waals surface area contributed by atoms with E-state index in [2.05, 4.69) is 10.4 Å². The number of hydrogen-bond acceptors (Lipinski definition) is 3. The molecule has 1 atom stereocenters. The summed E-state index contributed by atoms with van der Waals surface area (Å²) in [6.45, 7) is 5.79. The standard InChI is InChI=1S/C17H21N3O3/c1-11(2)8-14(17(22)23)19-16(21)13-9-18-20(10-13)15-7-5-4-6-12(15)3/h4-7,9-11,14H,8H2,1-3H3,(H,19,21)(H,22,23)/t14-/m0/s1. The minimum absolute atomic E-state index is 0.172. The molecule has 0 saturated carbocycles. The Morgan fingerprint density at radius 3 is 2.61 bits per heavy atom. The maximum atomic E-state index is 12.2. The fourth-order valence-corrected chi connectivity index (χ4v) is 2.33. The molecule has 0 saturated heterocycles. The van der Waals surface area contributed by atoms with Gasteiger partial charge in [-0.05, 0) is 30.9 Å². The smallest absolute Gasteiger partial charge is 0.326 e. The van der Waals surface area contributed by atoms with Crippen LogP contribution in [0.15, 0.2) is 36.7 Å². The van der Waals surface area contributed by atoms with Gasteiger partial charge in [0.1, 0.15) is 6.04 Å². The van der Waals surface area contributed by atoms with E-state index in [1.54, 1.807) is 10.9 Å². The Bertz CT molecular complexity index is 707. The highest BCUT2D eigenvalue weighted by Gasteiger charge is 2.22. The van der Waals surface area contributed by atoms with Crippen molar-refractivity contribution >= 4 is 11.9 Å². The molecule has 23 heavy (non-hydrogen) atoms. The van der Waals surface area contributed by atoms with Crippen molar-refractivity contribution in [2.45, 2.75) is 33.2 Å². The van der Waals surface area contributed by atoms with Crippen LogP contribution in [0, 0.1) is 12.8 Å². The van der Waals surface area contributed by atoms with Crippen LogP contribution in [0.4, 0.5) is 0 Å². The van der Waals surface area contributed by atoms with Crippen LogP contribution in [0.2, 0.25) is 0 Å². The average Bonchev–Trinajstić information content (AvgIpc) is 2.96. The van der Waals surface area contributed by atoms with Gasteiger partial charge in [0.25, 0.3) is 5.91 Å². The van der Waals surface area contributed by atoms with Crippen molar-refractivity contribution in [1.29, 1.82) is 0 Å². The number of hydrogen-bond donors (Lipinski definition) is 2. The molecule has 0 aliphatic rings. The number of nitrogens with one attached hydrogen (secondary N) is 1. The molecule has 0 aliphatic carbocycles. The molecular weight excluding hydrogens is 294 g/mol. The molecule has 0 aliphatic heterocycles. The molecule has 0 bridgehead atoms. The van der Waals surface area contributed by atoms with Crippen LogP contribution in [0.5, 0.6) is 0 Å². The van der Waals surface area contributed by atoms with Crippen molar-refractivity contribution in [3.05, 3.63) is 47.8 Å². The lowest BCUT2D eigenvalue weighted by Crippen LogP contribution is -2.41. The summed E-state index contributed by atoms with van der Waals surface area (Å²) in [6, 6.07) is 6.79. The first-order valence-corrected chi connectivity index (χ1v) is 7.53. The zero-order valence-electron chi connectivity index (χ0n) is 13.5. The number of aryl methyl sites for hydroxylation is 1. The van der Waals surface area contributed by atoms with Crippen molar-refractivity contribution in [3.8, 4) is 5.69 Å². The number of rotatable bonds is 6. The summed E-state index contributed by atoms with van der Waals surface area (Å²) >= 11 is 0. The second-order valence-electron chi connectivity index (χ2n) is 5.95. The van der Waals surface area contributed by atoms with Crippen molar-refractivity contribution in [2.24, 2.45) is 5.92 Å². The minimum atomic E-state index is -1.03. The van der Waals surface area contributed by atoms with Gasteiger partial charge in [0, 0.05) is 6.20 Å². The predicted molar refractivity (Wildman–Crippen MR) is 86.6 cm³/mol. The van der Waals surface area contributed by atoms with Crippen LogP contribution in [0.3, 0.4) is 0 Å². The number of carbonyl (C=O) groups is 2. The SMILES string of the molecule is Cc1ccccc1-n1cc(C(=O)N[C@@H](CC(C)C)C(=O)O)cn1. The molecule has 6 heteroatoms. The molecule has 0 spiro atoms. The minimum Gasteiger partial charge on any atom is -0.480 e. The fraction of sp³-hybridized carbons (Fsp3) is 0.353. The van der Waals surface area contributed by atoms with Gasteiger partial charge in [-0.1, -0.05) is 32.0 Å². The number of amides is 1. The molecule has 1 amide bonds. The number of para-hydroxylation sites is 1. The van der Waals surface area contributed by atoms with E-state index in [0.29, 0.717) is 12.0 Å². The van der Waals surface area contributed by atoms with E-state index in [1.807, 2.05) is 45.0 Å². The summed E-state index contributed by atoms with van der Waals surface area (Å²) in [5.41, 5.74) is 2.25. The Hall–Kier alpha value is -2.63. The number of aliphatic carboxylic acids is 1. The van der Waals surface area contributed by atoms with Crippen molar-refractivity contribution in [3.63, 3.8) is 0 Å². The van der Waals surface area contributed by atoms with Crippen LogP contribution in [0.25, 0.3) is 5.69 Å². The first-order valence-electron chi connectivity index (χ1n) is 7.53. The van der Waals surface area contributed by atoms with Gasteiger partial charge in [-0.3, -0.25) is 4.79 Å². The quantitative estimate of drug-likeness (QED) is 0.857. The second-order valence-corrected chi connectivity index (χ2v) is 5.95. The van der Waals surface area contributed by atoms with Gasteiger partial charge >= 0.3 is 5.97 Å². The molecular formula is C17H21N3O3. The summed E-state index contributed by atoms with van der Waals surface area (Å²) in [7, 11) is 0. The lowest BCUT2D eigenvalue weighted by atomic mass is 10.0. The van der Waals surface area contributed by atoms with Crippen LogP contribution in [0.1, 0.15) is 36.2 Å². The Labute approximate surface area is 135 Å². The normalized spacial score (nSPS) is 12.2. The average molecular weight is 315 g/mol. The highest BCUT2D eigenvalue weighted by molar-refractivity contribution is 5.96. The van der Waals surface area contributed by atoms with Crippen LogP contribution < -0.4 is 5.32 Å². The lowest BCUT2D eigenvalue weighted by Gasteiger charge is -2.15. The molecule has 0 radical (unpaired) electrons. The molecule has 6 nitrogen and oxygen atoms in total. The van der Waals surface area contributed by atoms with Gasteiger partial charge < -0.3 is 10.4 Å². The molecule has 2 aromatic rings. The van der Waals surface area contributed by atoms with Crippen LogP contribution in [-0.2, 0) is 4.79 Å². The summed E-state index contributed by atoms with van der Waals surface area (Å²) < 4.78 is 1.61. The third-order valence-corrected chi connectivity index (χ3v) is 3.52. The van der Waals surface area contributed by atoms with Gasteiger partial charge in [-0.15, -0.1) is 0 Å². The molecule has 1 aromatic carbocycles. The van der Waals surface area contributed by atoms with E-state index >= 15 is 0 Å². The Morgan fingerprint density at radius 2 is 2.00 bits per heavy atom. The number of nitrogens with zero attached hydrogens (tertiary/aromatic N) is 2. The second kappa shape index (κ2) is 7.09. The van der Waals surface area contributed by atoms with E-state index in [9.17, 15) is 14.7 Å². The van der Waals surface area contributed by atoms with Crippen LogP contribution >= 0.6 is 0 Å². The molecule has 0 unspecified atom stereocenters. The molecule has 1 heterocycles. The first kappa shape index (κ1) is 16.7. The van der Waals surface area contributed by atoms with Crippen molar-refractivity contribution < 1.29 is 14.7 Å². The number of carboxylic acids is 1. The molecule has 122 valence electrons. The topological polar surface area (TPSA) is 84.2 Å². The van der Waals surface area contributed by atoms with Gasteiger partial charge in [0.2, 0.25) is 0 Å². The van der Waals surface area contributed by atoms with E-state index in [-0.39, 0.29) is 5.92 Å². The van der Waals surface area contributed by atoms with Crippen molar-refractivity contribution in [2.75, 3.05) is 0 Å². The van der Waals surface area contributed by atoms with Gasteiger partial charge in [-0.25, -0.2) is 9.48 Å². The van der Waals surface area contributed by atoms with E-state index in [4.69, 9.17) is 0 Å². The van der Waals surface area contributed by atoms with Crippen LogP contribution in [-0.4, -0.2) is 32.8 Å². The third kappa shape index (κ3) is 4.18. The summed E-state index contributed by atoms with van der Waals surface area (Å²) in [5, 5.41) is 15.9. The van der Waals surface area contributed by atoms with Crippen molar-refractivity contribution in [1.82, 2.24) is 15.1 Å². The van der Waals surface area contributed by atoms with E-state index in [1.165, 1.54) is 6.20 Å². The number of carbonyl (C=O) groups excluding carboxylic acids is 1. The largest absolute Gasteiger partial charge is 0.480 e. The number of aromatic nitrogens is 2. The Morgan fingerprint density at radius 1 is 1.30 bits per heavy atom. The first-order chi connectivity index (χ1) is 10.9. The monoisotopic (exact) mass is 315 g/mol. The van der Waals surface area contributed by atoms with Gasteiger partial charge in [-0.2, -0.15) is 5.10 Å². The zero-order chi connectivity index (χ0) is 17.0. The third-order valence-electron chi connectivity index (χ3n) is 3.52. The maximum absolute atomic E-state index is 12.2. The Balaban J connectivity index is 2.15. The van der Waals surface area contributed by atoms with E-state index < -0.39 is 17.9 Å². The number of benzene rings is 1. The highest BCUT2D eigenvalue weighted by atomic mass is 16.4. The van der Waals surface area contributed by atoms with Gasteiger partial charge in [0.05, 0.1) is 17.4 Å². The summed E-state index contributed by atoms with van der Waals surface area (Å²) in [5.74, 6) is -1.29. The lowest BCUT2D eigenvalue weighted by molar-refractivity contribution is -0.139. The van der Waals surface area contributed by atoms with Gasteiger partial charge in [0.15, 0.2) is 0 Å². The zero-order valence-corrected chi connectivity index (χ0v) is 13.5. The molecule has 1 aromatic heterocycles. The summed E-state index contributed by atoms with van der Waals surface area (Å²) in [4.78, 5) is 23.5. The highest BCUT2D eigenvalue weighted by Crippen LogP contribution is 2.13. The fourth-order valence-electron chi connectivity index (χ4n) is 2.33. The number of carboxylic acid groups (broad SMARTS) is 1. The summed E-state index contributed by atoms with van der Waals surface area (Å²) in [6.07, 6.45) is 3.43. The maximum Gasteiger partial charge on any atom is 0.326 e.